The Hall–Kier alpha value is -0.830. The average Bonchev–Trinajstić information content (AvgIpc) is 2.16. The highest BCUT2D eigenvalue weighted by Crippen LogP contribution is 1.99. The smallest absolute Gasteiger partial charge is 0.335 e. The molecule has 0 heterocycles. The van der Waals surface area contributed by atoms with Gasteiger partial charge in [-0.1, -0.05) is 32.8 Å². The van der Waals surface area contributed by atoms with Crippen LogP contribution in [-0.2, 0) is 14.3 Å². The molecular formula is C11H20O3. The number of ether oxygens (including phenoxy) is 2. The third-order valence-corrected chi connectivity index (χ3v) is 1.76. The van der Waals surface area contributed by atoms with Gasteiger partial charge in [0.1, 0.15) is 0 Å². The molecule has 0 aliphatic heterocycles. The zero-order valence-electron chi connectivity index (χ0n) is 9.17. The van der Waals surface area contributed by atoms with E-state index in [4.69, 9.17) is 9.47 Å². The molecule has 0 aromatic heterocycles. The fourth-order valence-electron chi connectivity index (χ4n) is 0.908. The van der Waals surface area contributed by atoms with Gasteiger partial charge < -0.3 is 9.47 Å². The molecule has 0 aromatic carbocycles. The van der Waals surface area contributed by atoms with Crippen LogP contribution in [-0.4, -0.2) is 19.4 Å². The molecule has 0 aliphatic carbocycles. The third kappa shape index (κ3) is 7.80. The van der Waals surface area contributed by atoms with Gasteiger partial charge in [-0.15, -0.1) is 0 Å². The summed E-state index contributed by atoms with van der Waals surface area (Å²) in [7, 11) is 0. The minimum atomic E-state index is -0.390. The average molecular weight is 200 g/mol. The van der Waals surface area contributed by atoms with Gasteiger partial charge in [-0.25, -0.2) is 4.79 Å². The Morgan fingerprint density at radius 3 is 2.57 bits per heavy atom. The second kappa shape index (κ2) is 8.75. The minimum absolute atomic E-state index is 0.0395. The number of hydrogen-bond donors (Lipinski definition) is 0. The van der Waals surface area contributed by atoms with Crippen molar-refractivity contribution < 1.29 is 14.3 Å². The summed E-state index contributed by atoms with van der Waals surface area (Å²) in [5.74, 6) is -0.390. The molecule has 0 aromatic rings. The lowest BCUT2D eigenvalue weighted by molar-refractivity contribution is -0.151. The van der Waals surface area contributed by atoms with E-state index >= 15 is 0 Å². The Bertz CT molecular complexity index is 175. The molecule has 0 rings (SSSR count). The highest BCUT2D eigenvalue weighted by molar-refractivity contribution is 5.86. The van der Waals surface area contributed by atoms with Crippen molar-refractivity contribution >= 4 is 5.97 Å². The first kappa shape index (κ1) is 13.2. The first-order valence-corrected chi connectivity index (χ1v) is 5.08. The van der Waals surface area contributed by atoms with Gasteiger partial charge in [0.2, 0.25) is 0 Å². The topological polar surface area (TPSA) is 35.5 Å². The first-order chi connectivity index (χ1) is 6.68. The Kier molecular flexibility index (Phi) is 8.24. The van der Waals surface area contributed by atoms with Gasteiger partial charge in [-0.2, -0.15) is 0 Å². The zero-order chi connectivity index (χ0) is 10.8. The van der Waals surface area contributed by atoms with Crippen molar-refractivity contribution in [3.8, 4) is 0 Å². The molecule has 14 heavy (non-hydrogen) atoms. The van der Waals surface area contributed by atoms with Gasteiger partial charge in [-0.05, 0) is 13.3 Å². The number of carbonyl (C=O) groups excluding carboxylic acids is 1. The Morgan fingerprint density at radius 1 is 1.29 bits per heavy atom. The molecule has 0 saturated heterocycles. The fraction of sp³-hybridized carbons (Fsp3) is 0.727. The van der Waals surface area contributed by atoms with E-state index in [9.17, 15) is 4.79 Å². The van der Waals surface area contributed by atoms with E-state index in [2.05, 4.69) is 13.5 Å². The Morgan fingerprint density at radius 2 is 2.00 bits per heavy atom. The molecule has 0 bridgehead atoms. The van der Waals surface area contributed by atoms with Crippen LogP contribution in [0, 0.1) is 0 Å². The van der Waals surface area contributed by atoms with Crippen molar-refractivity contribution in [1.82, 2.24) is 0 Å². The summed E-state index contributed by atoms with van der Waals surface area (Å²) in [6.07, 6.45) is 4.64. The van der Waals surface area contributed by atoms with Crippen LogP contribution in [0.15, 0.2) is 12.2 Å². The molecule has 0 unspecified atom stereocenters. The van der Waals surface area contributed by atoms with Crippen molar-refractivity contribution in [2.75, 3.05) is 13.4 Å². The second-order valence-corrected chi connectivity index (χ2v) is 3.30. The molecule has 0 saturated carbocycles. The van der Waals surface area contributed by atoms with E-state index < -0.39 is 5.97 Å². The fourth-order valence-corrected chi connectivity index (χ4v) is 0.908. The molecule has 0 spiro atoms. The third-order valence-electron chi connectivity index (χ3n) is 1.76. The molecular weight excluding hydrogens is 180 g/mol. The van der Waals surface area contributed by atoms with E-state index in [1.807, 2.05) is 0 Å². The van der Waals surface area contributed by atoms with Crippen LogP contribution in [0.25, 0.3) is 0 Å². The van der Waals surface area contributed by atoms with Crippen LogP contribution in [0.1, 0.15) is 39.5 Å². The van der Waals surface area contributed by atoms with Gasteiger partial charge in [0.25, 0.3) is 0 Å². The minimum Gasteiger partial charge on any atom is -0.435 e. The largest absolute Gasteiger partial charge is 0.435 e. The molecule has 0 fully saturated rings. The summed E-state index contributed by atoms with van der Waals surface area (Å²) in [5.41, 5.74) is 0.402. The van der Waals surface area contributed by atoms with Crippen molar-refractivity contribution in [3.05, 3.63) is 12.2 Å². The number of esters is 1. The highest BCUT2D eigenvalue weighted by atomic mass is 16.7. The number of rotatable bonds is 8. The van der Waals surface area contributed by atoms with Crippen LogP contribution in [0.4, 0.5) is 0 Å². The highest BCUT2D eigenvalue weighted by Gasteiger charge is 2.01. The summed E-state index contributed by atoms with van der Waals surface area (Å²) in [6, 6.07) is 0. The normalized spacial score (nSPS) is 9.86. The standard InChI is InChI=1S/C11H20O3/c1-4-5-6-7-8-13-9-14-11(12)10(2)3/h2,4-9H2,1,3H3. The maximum Gasteiger partial charge on any atom is 0.335 e. The van der Waals surface area contributed by atoms with E-state index in [0.29, 0.717) is 12.2 Å². The van der Waals surface area contributed by atoms with Gasteiger partial charge >= 0.3 is 5.97 Å². The maximum atomic E-state index is 10.9. The van der Waals surface area contributed by atoms with Crippen molar-refractivity contribution in [2.24, 2.45) is 0 Å². The molecule has 0 N–H and O–H groups in total. The van der Waals surface area contributed by atoms with Crippen molar-refractivity contribution in [3.63, 3.8) is 0 Å². The van der Waals surface area contributed by atoms with Gasteiger partial charge in [0, 0.05) is 5.57 Å². The summed E-state index contributed by atoms with van der Waals surface area (Å²) in [5, 5.41) is 0. The van der Waals surface area contributed by atoms with Crippen LogP contribution in [0.5, 0.6) is 0 Å². The van der Waals surface area contributed by atoms with E-state index in [1.165, 1.54) is 19.3 Å². The second-order valence-electron chi connectivity index (χ2n) is 3.30. The Balaban J connectivity index is 3.13. The molecule has 82 valence electrons. The van der Waals surface area contributed by atoms with Crippen molar-refractivity contribution in [1.29, 1.82) is 0 Å². The predicted molar refractivity (Wildman–Crippen MR) is 55.9 cm³/mol. The van der Waals surface area contributed by atoms with Crippen LogP contribution < -0.4 is 0 Å². The van der Waals surface area contributed by atoms with E-state index in [1.54, 1.807) is 6.92 Å². The SMILES string of the molecule is C=C(C)C(=O)OCOCCCCCC. The molecule has 3 heteroatoms. The summed E-state index contributed by atoms with van der Waals surface area (Å²) in [6.45, 7) is 7.94. The molecule has 3 nitrogen and oxygen atoms in total. The molecule has 0 radical (unpaired) electrons. The van der Waals surface area contributed by atoms with Crippen LogP contribution in [0.3, 0.4) is 0 Å². The maximum absolute atomic E-state index is 10.9. The lowest BCUT2D eigenvalue weighted by Crippen LogP contribution is -2.09. The molecule has 0 atom stereocenters. The van der Waals surface area contributed by atoms with Gasteiger partial charge in [0.15, 0.2) is 6.79 Å². The molecule has 0 amide bonds. The van der Waals surface area contributed by atoms with Gasteiger partial charge in [0.05, 0.1) is 6.61 Å². The number of carbonyl (C=O) groups is 1. The first-order valence-electron chi connectivity index (χ1n) is 5.08. The van der Waals surface area contributed by atoms with Crippen LogP contribution >= 0.6 is 0 Å². The number of unbranched alkanes of at least 4 members (excludes halogenated alkanes) is 3. The van der Waals surface area contributed by atoms with E-state index in [0.717, 1.165) is 6.42 Å². The lowest BCUT2D eigenvalue weighted by Gasteiger charge is -2.05. The van der Waals surface area contributed by atoms with Gasteiger partial charge in [-0.3, -0.25) is 0 Å². The zero-order valence-corrected chi connectivity index (χ0v) is 9.17. The predicted octanol–water partition coefficient (Wildman–Crippen LogP) is 2.66. The summed E-state index contributed by atoms with van der Waals surface area (Å²) >= 11 is 0. The van der Waals surface area contributed by atoms with E-state index in [-0.39, 0.29) is 6.79 Å². The lowest BCUT2D eigenvalue weighted by atomic mass is 10.2. The van der Waals surface area contributed by atoms with Crippen molar-refractivity contribution in [2.45, 2.75) is 39.5 Å². The summed E-state index contributed by atoms with van der Waals surface area (Å²) < 4.78 is 9.87. The van der Waals surface area contributed by atoms with Crippen LogP contribution in [0.2, 0.25) is 0 Å². The quantitative estimate of drug-likeness (QED) is 0.261. The Labute approximate surface area is 86.1 Å². The number of hydrogen-bond acceptors (Lipinski definition) is 3. The monoisotopic (exact) mass is 200 g/mol. The molecule has 0 aliphatic rings. The summed E-state index contributed by atoms with van der Waals surface area (Å²) in [4.78, 5) is 10.9.